The van der Waals surface area contributed by atoms with Gasteiger partial charge in [0.1, 0.15) is 5.78 Å². The van der Waals surface area contributed by atoms with E-state index in [1.165, 1.54) is 0 Å². The maximum Gasteiger partial charge on any atom is 0.224 e. The zero-order valence-electron chi connectivity index (χ0n) is 14.0. The molecule has 2 heterocycles. The molecular weight excluding hydrogens is 294 g/mol. The summed E-state index contributed by atoms with van der Waals surface area (Å²) in [7, 11) is 3.79. The van der Waals surface area contributed by atoms with E-state index in [2.05, 4.69) is 37.5 Å². The van der Waals surface area contributed by atoms with E-state index in [9.17, 15) is 4.79 Å². The van der Waals surface area contributed by atoms with Crippen LogP contribution >= 0.6 is 0 Å². The molecule has 8 nitrogen and oxygen atoms in total. The highest BCUT2D eigenvalue weighted by atomic mass is 16.1. The second kappa shape index (κ2) is 7.75. The molecule has 124 valence electrons. The van der Waals surface area contributed by atoms with Crippen LogP contribution in [0.2, 0.25) is 0 Å². The van der Waals surface area contributed by atoms with E-state index in [0.29, 0.717) is 18.2 Å². The number of hydrogen-bond donors (Lipinski definition) is 1. The van der Waals surface area contributed by atoms with Gasteiger partial charge in [-0.25, -0.2) is 15.1 Å². The van der Waals surface area contributed by atoms with Crippen LogP contribution in [0.4, 0.5) is 5.95 Å². The largest absolute Gasteiger partial charge is 0.347 e. The minimum Gasteiger partial charge on any atom is -0.347 e. The molecule has 2 atom stereocenters. The van der Waals surface area contributed by atoms with Crippen molar-refractivity contribution in [1.82, 2.24) is 30.6 Å². The van der Waals surface area contributed by atoms with Gasteiger partial charge in [0.2, 0.25) is 5.95 Å². The number of aromatic amines is 1. The van der Waals surface area contributed by atoms with Gasteiger partial charge in [0, 0.05) is 38.3 Å². The topological polar surface area (TPSA) is 101 Å². The Morgan fingerprint density at radius 1 is 1.30 bits per heavy atom. The molecule has 8 heteroatoms. The molecule has 23 heavy (non-hydrogen) atoms. The number of carbonyl (C=O) groups excluding carboxylic acids is 1. The van der Waals surface area contributed by atoms with Crippen molar-refractivity contribution in [2.24, 2.45) is 5.92 Å². The van der Waals surface area contributed by atoms with Crippen LogP contribution in [-0.4, -0.2) is 50.5 Å². The van der Waals surface area contributed by atoms with Crippen LogP contribution in [0.15, 0.2) is 12.4 Å². The fraction of sp³-hybridized carbons (Fsp3) is 0.600. The maximum absolute atomic E-state index is 12.1. The number of rotatable bonds is 8. The first-order chi connectivity index (χ1) is 11.0. The van der Waals surface area contributed by atoms with Gasteiger partial charge in [-0.2, -0.15) is 0 Å². The van der Waals surface area contributed by atoms with Crippen LogP contribution in [0.3, 0.4) is 0 Å². The predicted octanol–water partition coefficient (Wildman–Crippen LogP) is 1.39. The highest BCUT2D eigenvalue weighted by Gasteiger charge is 2.29. The average Bonchev–Trinajstić information content (AvgIpc) is 3.05. The number of aromatic nitrogens is 6. The summed E-state index contributed by atoms with van der Waals surface area (Å²) in [5, 5.41) is 14.1. The van der Waals surface area contributed by atoms with E-state index in [-0.39, 0.29) is 17.6 Å². The highest BCUT2D eigenvalue weighted by molar-refractivity contribution is 5.79. The average molecular weight is 317 g/mol. The van der Waals surface area contributed by atoms with E-state index in [1.54, 1.807) is 19.3 Å². The maximum atomic E-state index is 12.1. The molecule has 2 rings (SSSR count). The quantitative estimate of drug-likeness (QED) is 0.785. The Bertz CT molecular complexity index is 609. The van der Waals surface area contributed by atoms with Crippen LogP contribution in [0.5, 0.6) is 0 Å². The van der Waals surface area contributed by atoms with Crippen LogP contribution in [0.1, 0.15) is 44.0 Å². The van der Waals surface area contributed by atoms with Gasteiger partial charge in [0.25, 0.3) is 0 Å². The Hall–Kier alpha value is -2.38. The van der Waals surface area contributed by atoms with Crippen LogP contribution in [0.25, 0.3) is 0 Å². The van der Waals surface area contributed by atoms with Crippen molar-refractivity contribution >= 4 is 11.7 Å². The van der Waals surface area contributed by atoms with Crippen molar-refractivity contribution in [2.75, 3.05) is 19.0 Å². The Morgan fingerprint density at radius 3 is 2.48 bits per heavy atom. The number of carbonyl (C=O) groups is 1. The summed E-state index contributed by atoms with van der Waals surface area (Å²) >= 11 is 0. The third-order valence-corrected chi connectivity index (χ3v) is 3.87. The molecule has 0 aliphatic heterocycles. The molecular formula is C15H23N7O. The number of nitrogens with zero attached hydrogens (tertiary/aromatic N) is 6. The molecule has 0 aromatic carbocycles. The summed E-state index contributed by atoms with van der Waals surface area (Å²) < 4.78 is 0. The molecule has 0 radical (unpaired) electrons. The first kappa shape index (κ1) is 17.0. The number of ketones is 1. The van der Waals surface area contributed by atoms with Gasteiger partial charge in [-0.15, -0.1) is 5.10 Å². The summed E-state index contributed by atoms with van der Waals surface area (Å²) in [5.41, 5.74) is 0.958. The minimum atomic E-state index is -0.122. The van der Waals surface area contributed by atoms with Gasteiger partial charge in [-0.05, 0) is 35.8 Å². The molecule has 0 saturated carbocycles. The normalized spacial score (nSPS) is 13.6. The van der Waals surface area contributed by atoms with Gasteiger partial charge >= 0.3 is 0 Å². The SMILES string of the molecule is CCC[C@H](C(C)=O)[C@H](Cc1cnc(N(C)C)nc1)c1nnn[nH]1. The van der Waals surface area contributed by atoms with Gasteiger partial charge in [-0.3, -0.25) is 4.79 Å². The van der Waals surface area contributed by atoms with Gasteiger partial charge < -0.3 is 4.90 Å². The van der Waals surface area contributed by atoms with Crippen molar-refractivity contribution < 1.29 is 4.79 Å². The summed E-state index contributed by atoms with van der Waals surface area (Å²) in [6, 6.07) is 0. The molecule has 1 N–H and O–H groups in total. The van der Waals surface area contributed by atoms with Gasteiger partial charge in [0.15, 0.2) is 5.82 Å². The molecule has 0 aliphatic rings. The molecule has 0 fully saturated rings. The zero-order chi connectivity index (χ0) is 16.8. The molecule has 0 bridgehead atoms. The molecule has 2 aromatic heterocycles. The first-order valence-corrected chi connectivity index (χ1v) is 7.75. The number of Topliss-reactive ketones (excluding diaryl/α,β-unsaturated/α-hetero) is 1. The minimum absolute atomic E-state index is 0.101. The zero-order valence-corrected chi connectivity index (χ0v) is 14.0. The third-order valence-electron chi connectivity index (χ3n) is 3.87. The van der Waals surface area contributed by atoms with Crippen molar-refractivity contribution in [3.05, 3.63) is 23.8 Å². The van der Waals surface area contributed by atoms with Crippen LogP contribution in [-0.2, 0) is 11.2 Å². The van der Waals surface area contributed by atoms with Crippen molar-refractivity contribution in [3.8, 4) is 0 Å². The number of nitrogens with one attached hydrogen (secondary N) is 1. The summed E-state index contributed by atoms with van der Waals surface area (Å²) in [5.74, 6) is 1.22. The Morgan fingerprint density at radius 2 is 2.00 bits per heavy atom. The molecule has 0 saturated heterocycles. The standard InChI is InChI=1S/C15H23N7O/c1-5-6-12(10(2)23)13(14-18-20-21-19-14)7-11-8-16-15(17-9-11)22(3)4/h8-9,12-13H,5-7H2,1-4H3,(H,18,19,20,21)/t12-,13+/m1/s1. The monoisotopic (exact) mass is 317 g/mol. The number of H-pyrrole nitrogens is 1. The number of tetrazole rings is 1. The van der Waals surface area contributed by atoms with Crippen molar-refractivity contribution in [3.63, 3.8) is 0 Å². The Labute approximate surface area is 135 Å². The number of hydrogen-bond acceptors (Lipinski definition) is 7. The first-order valence-electron chi connectivity index (χ1n) is 7.75. The lowest BCUT2D eigenvalue weighted by Crippen LogP contribution is -2.23. The smallest absolute Gasteiger partial charge is 0.224 e. The van der Waals surface area contributed by atoms with Crippen molar-refractivity contribution in [2.45, 2.75) is 39.0 Å². The predicted molar refractivity (Wildman–Crippen MR) is 86.1 cm³/mol. The van der Waals surface area contributed by atoms with Crippen LogP contribution in [0, 0.1) is 5.92 Å². The lowest BCUT2D eigenvalue weighted by molar-refractivity contribution is -0.121. The van der Waals surface area contributed by atoms with Gasteiger partial charge in [0.05, 0.1) is 0 Å². The highest BCUT2D eigenvalue weighted by Crippen LogP contribution is 2.30. The van der Waals surface area contributed by atoms with E-state index >= 15 is 0 Å². The summed E-state index contributed by atoms with van der Waals surface area (Å²) in [6.45, 7) is 3.70. The fourth-order valence-corrected chi connectivity index (χ4v) is 2.69. The molecule has 0 spiro atoms. The van der Waals surface area contributed by atoms with Crippen LogP contribution < -0.4 is 4.90 Å². The van der Waals surface area contributed by atoms with Crippen molar-refractivity contribution in [1.29, 1.82) is 0 Å². The number of anilines is 1. The second-order valence-corrected chi connectivity index (χ2v) is 5.89. The molecule has 0 unspecified atom stereocenters. The van der Waals surface area contributed by atoms with E-state index in [1.807, 2.05) is 19.0 Å². The lowest BCUT2D eigenvalue weighted by atomic mass is 9.81. The lowest BCUT2D eigenvalue weighted by Gasteiger charge is -2.22. The molecule has 0 aliphatic carbocycles. The Balaban J connectivity index is 2.25. The fourth-order valence-electron chi connectivity index (χ4n) is 2.69. The Kier molecular flexibility index (Phi) is 5.72. The second-order valence-electron chi connectivity index (χ2n) is 5.89. The van der Waals surface area contributed by atoms with Gasteiger partial charge in [-0.1, -0.05) is 13.3 Å². The third kappa shape index (κ3) is 4.30. The summed E-state index contributed by atoms with van der Waals surface area (Å²) in [4.78, 5) is 22.6. The summed E-state index contributed by atoms with van der Waals surface area (Å²) in [6.07, 6.45) is 5.94. The van der Waals surface area contributed by atoms with E-state index < -0.39 is 0 Å². The molecule has 0 amide bonds. The van der Waals surface area contributed by atoms with E-state index in [4.69, 9.17) is 0 Å². The molecule has 2 aromatic rings. The van der Waals surface area contributed by atoms with E-state index in [0.717, 1.165) is 18.4 Å².